The number of hydrogen-bond acceptors (Lipinski definition) is 3. The molecule has 3 heteroatoms. The molecule has 0 amide bonds. The van der Waals surface area contributed by atoms with Crippen LogP contribution in [0.2, 0.25) is 0 Å². The molecule has 0 radical (unpaired) electrons. The highest BCUT2D eigenvalue weighted by Crippen LogP contribution is 2.13. The van der Waals surface area contributed by atoms with Crippen molar-refractivity contribution in [3.8, 4) is 0 Å². The highest BCUT2D eigenvalue weighted by molar-refractivity contribution is 4.91. The minimum atomic E-state index is -0.337. The maximum Gasteiger partial charge on any atom is 0.0251 e. The van der Waals surface area contributed by atoms with Crippen molar-refractivity contribution in [2.45, 2.75) is 51.2 Å². The first-order valence-electron chi connectivity index (χ1n) is 3.96. The lowest BCUT2D eigenvalue weighted by atomic mass is 9.86. The molecule has 0 saturated heterocycles. The van der Waals surface area contributed by atoms with Crippen molar-refractivity contribution in [1.29, 1.82) is 0 Å². The number of hydrogen-bond donors (Lipinski definition) is 3. The van der Waals surface area contributed by atoms with Gasteiger partial charge in [0.2, 0.25) is 0 Å². The van der Waals surface area contributed by atoms with Gasteiger partial charge in [0.1, 0.15) is 0 Å². The summed E-state index contributed by atoms with van der Waals surface area (Å²) < 4.78 is 0. The first-order chi connectivity index (χ1) is 4.63. The van der Waals surface area contributed by atoms with Gasteiger partial charge in [-0.2, -0.15) is 0 Å². The molecule has 0 heterocycles. The van der Waals surface area contributed by atoms with Crippen molar-refractivity contribution < 1.29 is 0 Å². The second kappa shape index (κ2) is 3.09. The van der Waals surface area contributed by atoms with E-state index in [1.165, 1.54) is 0 Å². The summed E-state index contributed by atoms with van der Waals surface area (Å²) in [7, 11) is 0. The molecule has 11 heavy (non-hydrogen) atoms. The van der Waals surface area contributed by atoms with Crippen molar-refractivity contribution in [2.75, 3.05) is 0 Å². The van der Waals surface area contributed by atoms with Crippen molar-refractivity contribution in [1.82, 2.24) is 0 Å². The van der Waals surface area contributed by atoms with E-state index in [9.17, 15) is 0 Å². The molecule has 3 nitrogen and oxygen atoms in total. The Bertz CT molecular complexity index is 118. The summed E-state index contributed by atoms with van der Waals surface area (Å²) >= 11 is 0. The zero-order chi connectivity index (χ0) is 9.28. The topological polar surface area (TPSA) is 78.1 Å². The van der Waals surface area contributed by atoms with Crippen molar-refractivity contribution in [3.05, 3.63) is 0 Å². The second-order valence-electron chi connectivity index (χ2n) is 4.62. The Labute approximate surface area is 69.3 Å². The highest BCUT2D eigenvalue weighted by atomic mass is 14.9. The van der Waals surface area contributed by atoms with E-state index < -0.39 is 0 Å². The van der Waals surface area contributed by atoms with E-state index in [2.05, 4.69) is 0 Å². The Balaban J connectivity index is 3.99. The van der Waals surface area contributed by atoms with Gasteiger partial charge < -0.3 is 17.2 Å². The third kappa shape index (κ3) is 5.18. The average Bonchev–Trinajstić information content (AvgIpc) is 1.56. The summed E-state index contributed by atoms with van der Waals surface area (Å²) in [6, 6.07) is -0.0394. The molecule has 0 aromatic carbocycles. The van der Waals surface area contributed by atoms with E-state index in [0.29, 0.717) is 0 Å². The van der Waals surface area contributed by atoms with Crippen LogP contribution < -0.4 is 17.2 Å². The van der Waals surface area contributed by atoms with E-state index in [-0.39, 0.29) is 17.1 Å². The predicted molar refractivity (Wildman–Crippen MR) is 49.1 cm³/mol. The Morgan fingerprint density at radius 2 is 1.45 bits per heavy atom. The number of nitrogens with two attached hydrogens (primary N) is 3. The molecule has 0 aromatic rings. The lowest BCUT2D eigenvalue weighted by molar-refractivity contribution is 0.324. The molecule has 0 aromatic heterocycles. The molecule has 0 bridgehead atoms. The molecule has 0 saturated carbocycles. The van der Waals surface area contributed by atoms with E-state index in [1.54, 1.807) is 0 Å². The van der Waals surface area contributed by atoms with Crippen molar-refractivity contribution in [3.63, 3.8) is 0 Å². The van der Waals surface area contributed by atoms with Gasteiger partial charge in [-0.25, -0.2) is 0 Å². The van der Waals surface area contributed by atoms with Crippen LogP contribution in [0.25, 0.3) is 0 Å². The standard InChI is InChI=1S/C8H21N3/c1-7(2,10)5-6(9)8(3,4)11/h6H,5,9-11H2,1-4H3. The third-order valence-electron chi connectivity index (χ3n) is 1.70. The van der Waals surface area contributed by atoms with Gasteiger partial charge in [-0.05, 0) is 34.1 Å². The van der Waals surface area contributed by atoms with Gasteiger partial charge in [0, 0.05) is 17.1 Å². The molecule has 0 rings (SSSR count). The molecular weight excluding hydrogens is 138 g/mol. The van der Waals surface area contributed by atoms with E-state index in [1.807, 2.05) is 27.7 Å². The Kier molecular flexibility index (Phi) is 3.06. The lowest BCUT2D eigenvalue weighted by Gasteiger charge is -2.32. The summed E-state index contributed by atoms with van der Waals surface area (Å²) in [5.74, 6) is 0. The minimum Gasteiger partial charge on any atom is -0.326 e. The Hall–Kier alpha value is -0.120. The molecular formula is C8H21N3. The predicted octanol–water partition coefficient (Wildman–Crippen LogP) is 0.178. The van der Waals surface area contributed by atoms with Gasteiger partial charge >= 0.3 is 0 Å². The summed E-state index contributed by atoms with van der Waals surface area (Å²) in [5.41, 5.74) is 16.9. The van der Waals surface area contributed by atoms with E-state index in [0.717, 1.165) is 6.42 Å². The minimum absolute atomic E-state index is 0.0394. The van der Waals surface area contributed by atoms with Crippen LogP contribution in [0.5, 0.6) is 0 Å². The van der Waals surface area contributed by atoms with Gasteiger partial charge in [0.15, 0.2) is 0 Å². The van der Waals surface area contributed by atoms with E-state index >= 15 is 0 Å². The van der Waals surface area contributed by atoms with Crippen LogP contribution in [0.4, 0.5) is 0 Å². The monoisotopic (exact) mass is 159 g/mol. The fraction of sp³-hybridized carbons (Fsp3) is 1.00. The van der Waals surface area contributed by atoms with Gasteiger partial charge in [-0.1, -0.05) is 0 Å². The molecule has 68 valence electrons. The average molecular weight is 159 g/mol. The van der Waals surface area contributed by atoms with Crippen LogP contribution in [0.15, 0.2) is 0 Å². The van der Waals surface area contributed by atoms with Crippen LogP contribution in [-0.2, 0) is 0 Å². The molecule has 0 aliphatic heterocycles. The van der Waals surface area contributed by atoms with Crippen LogP contribution in [0.1, 0.15) is 34.1 Å². The van der Waals surface area contributed by atoms with Crippen molar-refractivity contribution >= 4 is 0 Å². The normalized spacial score (nSPS) is 16.6. The summed E-state index contributed by atoms with van der Waals surface area (Å²) in [5, 5.41) is 0. The van der Waals surface area contributed by atoms with E-state index in [4.69, 9.17) is 17.2 Å². The van der Waals surface area contributed by atoms with Gasteiger partial charge in [-0.3, -0.25) is 0 Å². The van der Waals surface area contributed by atoms with Gasteiger partial charge in [0.25, 0.3) is 0 Å². The molecule has 0 fully saturated rings. The summed E-state index contributed by atoms with van der Waals surface area (Å²) in [4.78, 5) is 0. The molecule has 6 N–H and O–H groups in total. The maximum absolute atomic E-state index is 5.83. The maximum atomic E-state index is 5.83. The van der Waals surface area contributed by atoms with Crippen LogP contribution >= 0.6 is 0 Å². The molecule has 0 aliphatic carbocycles. The van der Waals surface area contributed by atoms with Gasteiger partial charge in [-0.15, -0.1) is 0 Å². The molecule has 1 unspecified atom stereocenters. The molecule has 1 atom stereocenters. The van der Waals surface area contributed by atoms with Crippen molar-refractivity contribution in [2.24, 2.45) is 17.2 Å². The SMILES string of the molecule is CC(C)(N)CC(N)C(C)(C)N. The molecule has 0 aliphatic rings. The zero-order valence-corrected chi connectivity index (χ0v) is 8.02. The third-order valence-corrected chi connectivity index (χ3v) is 1.70. The fourth-order valence-electron chi connectivity index (χ4n) is 0.830. The van der Waals surface area contributed by atoms with Gasteiger partial charge in [0.05, 0.1) is 0 Å². The van der Waals surface area contributed by atoms with Crippen LogP contribution in [-0.4, -0.2) is 17.1 Å². The van der Waals surface area contributed by atoms with Crippen LogP contribution in [0.3, 0.4) is 0 Å². The smallest absolute Gasteiger partial charge is 0.0251 e. The largest absolute Gasteiger partial charge is 0.326 e. The Morgan fingerprint density at radius 3 is 1.55 bits per heavy atom. The quantitative estimate of drug-likeness (QED) is 0.549. The first-order valence-corrected chi connectivity index (χ1v) is 3.96. The summed E-state index contributed by atoms with van der Waals surface area (Å²) in [6.45, 7) is 7.75. The van der Waals surface area contributed by atoms with Crippen LogP contribution in [0, 0.1) is 0 Å². The second-order valence-corrected chi connectivity index (χ2v) is 4.62. The zero-order valence-electron chi connectivity index (χ0n) is 8.02. The number of rotatable bonds is 3. The Morgan fingerprint density at radius 1 is 1.09 bits per heavy atom. The molecule has 0 spiro atoms. The fourth-order valence-corrected chi connectivity index (χ4v) is 0.830. The lowest BCUT2D eigenvalue weighted by Crippen LogP contribution is -2.54. The highest BCUT2D eigenvalue weighted by Gasteiger charge is 2.26. The first kappa shape index (κ1) is 10.9. The summed E-state index contributed by atoms with van der Waals surface area (Å²) in [6.07, 6.45) is 0.747.